The van der Waals surface area contributed by atoms with E-state index in [0.717, 1.165) is 24.8 Å². The van der Waals surface area contributed by atoms with Crippen molar-refractivity contribution in [3.05, 3.63) is 35.9 Å². The molecule has 1 aromatic rings. The molecule has 0 radical (unpaired) electrons. The molecule has 0 saturated carbocycles. The molecule has 2 aliphatic heterocycles. The fourth-order valence-electron chi connectivity index (χ4n) is 3.51. The van der Waals surface area contributed by atoms with Crippen molar-refractivity contribution in [2.75, 3.05) is 0 Å². The van der Waals surface area contributed by atoms with Gasteiger partial charge in [-0.1, -0.05) is 62.9 Å². The number of amidine groups is 1. The molecule has 1 unspecified atom stereocenters. The third-order valence-corrected chi connectivity index (χ3v) is 5.04. The number of amides is 2. The second-order valence-electron chi connectivity index (χ2n) is 7.07. The highest BCUT2D eigenvalue weighted by Gasteiger charge is 2.72. The Balaban J connectivity index is 1.53. The van der Waals surface area contributed by atoms with E-state index >= 15 is 0 Å². The van der Waals surface area contributed by atoms with Gasteiger partial charge in [0.1, 0.15) is 0 Å². The maximum absolute atomic E-state index is 12.1. The second kappa shape index (κ2) is 7.99. The number of aliphatic imine (C=N–C) groups is 1. The Hall–Kier alpha value is -2.21. The zero-order valence-electron chi connectivity index (χ0n) is 15.3. The van der Waals surface area contributed by atoms with Crippen LogP contribution in [-0.2, 0) is 16.1 Å². The summed E-state index contributed by atoms with van der Waals surface area (Å²) in [4.78, 5) is 29.9. The Kier molecular flexibility index (Phi) is 5.71. The minimum absolute atomic E-state index is 0.108. The first kappa shape index (κ1) is 18.6. The van der Waals surface area contributed by atoms with Crippen LogP contribution in [0.15, 0.2) is 35.3 Å². The van der Waals surface area contributed by atoms with Crippen LogP contribution in [0.4, 0.5) is 0 Å². The van der Waals surface area contributed by atoms with Crippen molar-refractivity contribution in [3.8, 4) is 0 Å². The molecular formula is C20H27N3O3. The number of fused-ring (bicyclic) bond motifs is 1. The maximum Gasteiger partial charge on any atom is 0.233 e. The molecule has 2 aliphatic rings. The first-order valence-corrected chi connectivity index (χ1v) is 9.51. The molecular weight excluding hydrogens is 330 g/mol. The predicted octanol–water partition coefficient (Wildman–Crippen LogP) is 2.36. The summed E-state index contributed by atoms with van der Waals surface area (Å²) in [5, 5.41) is 13.6. The number of nitrogens with zero attached hydrogens (tertiary/aromatic N) is 2. The van der Waals surface area contributed by atoms with E-state index in [2.05, 4.69) is 17.2 Å². The smallest absolute Gasteiger partial charge is 0.233 e. The molecule has 0 bridgehead atoms. The summed E-state index contributed by atoms with van der Waals surface area (Å²) < 4.78 is 0. The van der Waals surface area contributed by atoms with E-state index in [1.54, 1.807) is 0 Å². The Morgan fingerprint density at radius 2 is 2.00 bits per heavy atom. The van der Waals surface area contributed by atoms with Crippen LogP contribution >= 0.6 is 0 Å². The molecule has 2 atom stereocenters. The largest absolute Gasteiger partial charge is 0.362 e. The normalized spacial score (nSPS) is 25.5. The maximum atomic E-state index is 12.1. The van der Waals surface area contributed by atoms with Crippen molar-refractivity contribution in [3.63, 3.8) is 0 Å². The first-order valence-electron chi connectivity index (χ1n) is 9.51. The number of nitrogens with one attached hydrogen (secondary N) is 1. The summed E-state index contributed by atoms with van der Waals surface area (Å²) >= 11 is 0. The number of aliphatic hydroxyl groups is 1. The molecule has 2 N–H and O–H groups in total. The minimum atomic E-state index is -1.43. The van der Waals surface area contributed by atoms with Crippen LogP contribution in [-0.4, -0.2) is 39.4 Å². The molecule has 2 heterocycles. The van der Waals surface area contributed by atoms with Crippen LogP contribution in [0.2, 0.25) is 0 Å². The topological polar surface area (TPSA) is 81.8 Å². The molecule has 0 spiro atoms. The van der Waals surface area contributed by atoms with Gasteiger partial charge in [-0.05, 0) is 12.0 Å². The number of carbonyl (C=O) groups is 2. The van der Waals surface area contributed by atoms with Crippen LogP contribution < -0.4 is 5.32 Å². The lowest BCUT2D eigenvalue weighted by atomic mass is 10.1. The van der Waals surface area contributed by atoms with Crippen LogP contribution in [0.25, 0.3) is 0 Å². The van der Waals surface area contributed by atoms with Gasteiger partial charge in [0, 0.05) is 6.42 Å². The van der Waals surface area contributed by atoms with Gasteiger partial charge < -0.3 is 10.4 Å². The molecule has 140 valence electrons. The standard InChI is InChI=1S/C20H27N3O3/c1-2-3-4-5-9-12-17(24)22-16-13-18(25)23-19(20(16,23)26)21-14-15-10-7-6-8-11-15/h6-8,10-11,16,26H,2-5,9,12-14H2,1H3,(H,22,24)/t16-,20?,23?/m0/s1. The number of carbonyl (C=O) groups excluding carboxylic acids is 2. The molecule has 3 rings (SSSR count). The molecule has 2 amide bonds. The predicted molar refractivity (Wildman–Crippen MR) is 99.3 cm³/mol. The van der Waals surface area contributed by atoms with Crippen LogP contribution in [0.3, 0.4) is 0 Å². The van der Waals surface area contributed by atoms with Gasteiger partial charge in [-0.3, -0.25) is 19.5 Å². The molecule has 6 nitrogen and oxygen atoms in total. The summed E-state index contributed by atoms with van der Waals surface area (Å²) in [6.45, 7) is 2.56. The molecule has 0 aromatic heterocycles. The van der Waals surface area contributed by atoms with E-state index in [0.29, 0.717) is 18.8 Å². The van der Waals surface area contributed by atoms with E-state index in [1.165, 1.54) is 17.7 Å². The van der Waals surface area contributed by atoms with Gasteiger partial charge in [-0.2, -0.15) is 0 Å². The SMILES string of the molecule is CCCCCCCC(=O)N[C@H]1CC(=O)N2C(=NCc3ccccc3)C12O. The van der Waals surface area contributed by atoms with Gasteiger partial charge in [0.15, 0.2) is 5.84 Å². The van der Waals surface area contributed by atoms with Gasteiger partial charge in [-0.15, -0.1) is 0 Å². The summed E-state index contributed by atoms with van der Waals surface area (Å²) in [7, 11) is 0. The quantitative estimate of drug-likeness (QED) is 0.526. The fraction of sp³-hybridized carbons (Fsp3) is 0.550. The van der Waals surface area contributed by atoms with E-state index in [4.69, 9.17) is 0 Å². The second-order valence-corrected chi connectivity index (χ2v) is 7.07. The number of rotatable bonds is 9. The van der Waals surface area contributed by atoms with Crippen molar-refractivity contribution in [1.29, 1.82) is 0 Å². The molecule has 1 aromatic carbocycles. The molecule has 2 saturated heterocycles. The van der Waals surface area contributed by atoms with Gasteiger partial charge in [0.05, 0.1) is 19.0 Å². The Bertz CT molecular complexity index is 689. The van der Waals surface area contributed by atoms with Crippen LogP contribution in [0.5, 0.6) is 0 Å². The number of hydrogen-bond donors (Lipinski definition) is 2. The lowest BCUT2D eigenvalue weighted by Crippen LogP contribution is -2.45. The number of hydrogen-bond acceptors (Lipinski definition) is 4. The first-order chi connectivity index (χ1) is 12.6. The summed E-state index contributed by atoms with van der Waals surface area (Å²) in [6.07, 6.45) is 5.93. The highest BCUT2D eigenvalue weighted by Crippen LogP contribution is 2.44. The molecule has 6 heteroatoms. The Morgan fingerprint density at radius 3 is 2.73 bits per heavy atom. The van der Waals surface area contributed by atoms with Crippen molar-refractivity contribution >= 4 is 17.6 Å². The van der Waals surface area contributed by atoms with Crippen molar-refractivity contribution in [2.24, 2.45) is 4.99 Å². The van der Waals surface area contributed by atoms with E-state index in [-0.39, 0.29) is 18.2 Å². The molecule has 2 fully saturated rings. The number of piperidine rings is 1. The average Bonchev–Trinajstić information content (AvgIpc) is 3.17. The number of benzene rings is 1. The zero-order valence-corrected chi connectivity index (χ0v) is 15.3. The van der Waals surface area contributed by atoms with Crippen LogP contribution in [0.1, 0.15) is 57.4 Å². The van der Waals surface area contributed by atoms with Crippen LogP contribution in [0, 0.1) is 0 Å². The van der Waals surface area contributed by atoms with Gasteiger partial charge in [-0.25, -0.2) is 0 Å². The Morgan fingerprint density at radius 1 is 1.27 bits per heavy atom. The summed E-state index contributed by atoms with van der Waals surface area (Å²) in [5.41, 5.74) is -0.418. The summed E-state index contributed by atoms with van der Waals surface area (Å²) in [5.74, 6) is 0.0716. The fourth-order valence-corrected chi connectivity index (χ4v) is 3.51. The van der Waals surface area contributed by atoms with Gasteiger partial charge in [0.2, 0.25) is 17.5 Å². The lowest BCUT2D eigenvalue weighted by Gasteiger charge is -2.16. The average molecular weight is 357 g/mol. The van der Waals surface area contributed by atoms with E-state index < -0.39 is 11.8 Å². The van der Waals surface area contributed by atoms with Crippen molar-refractivity contribution in [1.82, 2.24) is 10.2 Å². The summed E-state index contributed by atoms with van der Waals surface area (Å²) in [6, 6.07) is 9.06. The van der Waals surface area contributed by atoms with E-state index in [9.17, 15) is 14.7 Å². The third-order valence-electron chi connectivity index (χ3n) is 5.04. The van der Waals surface area contributed by atoms with Crippen molar-refractivity contribution in [2.45, 2.75) is 70.2 Å². The highest BCUT2D eigenvalue weighted by atomic mass is 16.3. The lowest BCUT2D eigenvalue weighted by molar-refractivity contribution is -0.124. The Labute approximate surface area is 154 Å². The third kappa shape index (κ3) is 3.80. The minimum Gasteiger partial charge on any atom is -0.362 e. The van der Waals surface area contributed by atoms with Gasteiger partial charge in [0.25, 0.3) is 0 Å². The molecule has 0 aliphatic carbocycles. The number of unbranched alkanes of at least 4 members (excludes halogenated alkanes) is 4. The monoisotopic (exact) mass is 357 g/mol. The van der Waals surface area contributed by atoms with Crippen molar-refractivity contribution < 1.29 is 14.7 Å². The molecule has 26 heavy (non-hydrogen) atoms. The zero-order chi connectivity index (χ0) is 18.6. The van der Waals surface area contributed by atoms with Gasteiger partial charge >= 0.3 is 0 Å². The highest BCUT2D eigenvalue weighted by molar-refractivity contribution is 6.20. The van der Waals surface area contributed by atoms with E-state index in [1.807, 2.05) is 30.3 Å².